The average Bonchev–Trinajstić information content (AvgIpc) is 3.23. The van der Waals surface area contributed by atoms with E-state index in [4.69, 9.17) is 0 Å². The van der Waals surface area contributed by atoms with E-state index in [2.05, 4.69) is 0 Å². The number of hydrogen-bond acceptors (Lipinski definition) is 5. The molecule has 0 aromatic carbocycles. The van der Waals surface area contributed by atoms with E-state index >= 15 is 0 Å². The maximum absolute atomic E-state index is 12.6. The van der Waals surface area contributed by atoms with Crippen LogP contribution in [0.4, 0.5) is 0 Å². The van der Waals surface area contributed by atoms with Gasteiger partial charge in [-0.2, -0.15) is 0 Å². The molecule has 2 unspecified atom stereocenters. The van der Waals surface area contributed by atoms with Gasteiger partial charge in [0.1, 0.15) is 11.4 Å². The molecule has 0 aliphatic carbocycles. The fourth-order valence-corrected chi connectivity index (χ4v) is 5.32. The molecule has 2 aliphatic heterocycles. The topological polar surface area (TPSA) is 98.0 Å². The molecule has 138 valence electrons. The zero-order valence-electron chi connectivity index (χ0n) is 14.7. The molecule has 3 atom stereocenters. The number of piperidine rings is 1. The number of amides is 1. The van der Waals surface area contributed by atoms with Gasteiger partial charge in [0.25, 0.3) is 0 Å². The number of aliphatic carboxylic acids is 1. The van der Waals surface area contributed by atoms with Crippen molar-refractivity contribution >= 4 is 21.9 Å². The summed E-state index contributed by atoms with van der Waals surface area (Å²) in [6, 6.07) is -0.862. The molecule has 2 saturated heterocycles. The van der Waals surface area contributed by atoms with Gasteiger partial charge in [-0.05, 0) is 25.8 Å². The fourth-order valence-electron chi connectivity index (χ4n) is 3.37. The quantitative estimate of drug-likeness (QED) is 0.662. The van der Waals surface area contributed by atoms with Gasteiger partial charge < -0.3 is 10.0 Å². The summed E-state index contributed by atoms with van der Waals surface area (Å²) in [5.41, 5.74) is 0. The van der Waals surface area contributed by atoms with Crippen LogP contribution in [0, 0.1) is 11.8 Å². The molecule has 9 heteroatoms. The first kappa shape index (κ1) is 19.1. The summed E-state index contributed by atoms with van der Waals surface area (Å²) in [6.07, 6.45) is 0.868. The van der Waals surface area contributed by atoms with Gasteiger partial charge in [-0.15, -0.1) is 0 Å². The summed E-state index contributed by atoms with van der Waals surface area (Å²) < 4.78 is 26.2. The third-order valence-electron chi connectivity index (χ3n) is 4.96. The molecule has 2 rings (SSSR count). The first-order chi connectivity index (χ1) is 11.1. The van der Waals surface area contributed by atoms with E-state index in [0.717, 1.165) is 0 Å². The van der Waals surface area contributed by atoms with Crippen LogP contribution in [0.1, 0.15) is 26.7 Å². The van der Waals surface area contributed by atoms with Crippen molar-refractivity contribution in [2.75, 3.05) is 33.7 Å². The summed E-state index contributed by atoms with van der Waals surface area (Å²) in [5, 5.41) is 8.89. The van der Waals surface area contributed by atoms with Crippen molar-refractivity contribution < 1.29 is 23.1 Å². The molecule has 2 heterocycles. The van der Waals surface area contributed by atoms with Crippen LogP contribution in [0.2, 0.25) is 0 Å². The summed E-state index contributed by atoms with van der Waals surface area (Å²) in [7, 11) is -0.0239. The molecule has 0 aromatic heterocycles. The number of sulfonamides is 1. The standard InChI is InChI=1S/C15H27N3O5S/c1-10(2)13(15(20)21)17(4)14(19)11-5-7-18(8-6-11)24(22,23)12-9-16(12)3/h10-13H,5-9H2,1-4H3,(H,20,21)/t12?,13?,16-/m1/s1. The van der Waals surface area contributed by atoms with Gasteiger partial charge in [0.15, 0.2) is 0 Å². The monoisotopic (exact) mass is 361 g/mol. The van der Waals surface area contributed by atoms with Gasteiger partial charge in [-0.25, -0.2) is 17.5 Å². The number of nitrogens with zero attached hydrogens (tertiary/aromatic N) is 3. The number of hydrogen-bond donors (Lipinski definition) is 1. The predicted molar refractivity (Wildman–Crippen MR) is 88.7 cm³/mol. The molecule has 1 N–H and O–H groups in total. The molecule has 1 amide bonds. The van der Waals surface area contributed by atoms with Gasteiger partial charge >= 0.3 is 5.97 Å². The summed E-state index contributed by atoms with van der Waals surface area (Å²) in [4.78, 5) is 27.0. The Balaban J connectivity index is 1.96. The summed E-state index contributed by atoms with van der Waals surface area (Å²) >= 11 is 0. The van der Waals surface area contributed by atoms with E-state index in [0.29, 0.717) is 32.5 Å². The van der Waals surface area contributed by atoms with Crippen molar-refractivity contribution in [3.63, 3.8) is 0 Å². The van der Waals surface area contributed by atoms with Crippen LogP contribution in [0.5, 0.6) is 0 Å². The zero-order valence-corrected chi connectivity index (χ0v) is 15.5. The summed E-state index contributed by atoms with van der Waals surface area (Å²) in [5.74, 6) is -1.74. The highest BCUT2D eigenvalue weighted by Crippen LogP contribution is 2.29. The van der Waals surface area contributed by atoms with Gasteiger partial charge in [0.05, 0.1) is 0 Å². The molecule has 8 nitrogen and oxygen atoms in total. The van der Waals surface area contributed by atoms with Crippen molar-refractivity contribution in [2.45, 2.75) is 38.1 Å². The molecule has 0 radical (unpaired) electrons. The highest BCUT2D eigenvalue weighted by molar-refractivity contribution is 7.90. The molecule has 0 aromatic rings. The molecule has 2 fully saturated rings. The number of rotatable bonds is 6. The second-order valence-electron chi connectivity index (χ2n) is 7.09. The lowest BCUT2D eigenvalue weighted by molar-refractivity contribution is -0.153. The van der Waals surface area contributed by atoms with E-state index in [1.807, 2.05) is 0 Å². The van der Waals surface area contributed by atoms with Crippen LogP contribution >= 0.6 is 0 Å². The maximum atomic E-state index is 12.6. The van der Waals surface area contributed by atoms with Crippen LogP contribution in [0.25, 0.3) is 0 Å². The van der Waals surface area contributed by atoms with Gasteiger partial charge in [0.2, 0.25) is 15.9 Å². The third kappa shape index (κ3) is 3.73. The first-order valence-electron chi connectivity index (χ1n) is 8.26. The Morgan fingerprint density at radius 3 is 2.08 bits per heavy atom. The number of carbonyl (C=O) groups is 2. The van der Waals surface area contributed by atoms with Gasteiger partial charge in [-0.1, -0.05) is 13.8 Å². The number of likely N-dealkylation sites (N-methyl/N-ethyl adjacent to an activating group) is 2. The molecule has 0 saturated carbocycles. The van der Waals surface area contributed by atoms with Crippen LogP contribution in [-0.4, -0.2) is 84.7 Å². The van der Waals surface area contributed by atoms with E-state index in [9.17, 15) is 23.1 Å². The number of carboxylic acid groups (broad SMARTS) is 1. The van der Waals surface area contributed by atoms with Gasteiger partial charge in [-0.3, -0.25) is 9.69 Å². The van der Waals surface area contributed by atoms with Crippen LogP contribution < -0.4 is 0 Å². The van der Waals surface area contributed by atoms with Crippen molar-refractivity contribution in [1.82, 2.24) is 14.1 Å². The van der Waals surface area contributed by atoms with E-state index < -0.39 is 27.4 Å². The molecular formula is C15H27N3O5S. The fraction of sp³-hybridized carbons (Fsp3) is 0.867. The lowest BCUT2D eigenvalue weighted by atomic mass is 9.94. The van der Waals surface area contributed by atoms with Crippen LogP contribution in [-0.2, 0) is 19.6 Å². The van der Waals surface area contributed by atoms with Crippen LogP contribution in [0.3, 0.4) is 0 Å². The molecule has 0 spiro atoms. The Hall–Kier alpha value is -1.19. The van der Waals surface area contributed by atoms with Crippen molar-refractivity contribution in [1.29, 1.82) is 0 Å². The number of carboxylic acids is 1. The maximum Gasteiger partial charge on any atom is 0.326 e. The minimum absolute atomic E-state index is 0.192. The van der Waals surface area contributed by atoms with E-state index in [1.54, 1.807) is 25.8 Å². The lowest BCUT2D eigenvalue weighted by Gasteiger charge is -2.35. The van der Waals surface area contributed by atoms with Crippen molar-refractivity contribution in [2.24, 2.45) is 11.8 Å². The Labute approximate surface area is 143 Å². The lowest BCUT2D eigenvalue weighted by Crippen LogP contribution is -2.50. The number of carbonyl (C=O) groups excluding carboxylic acids is 1. The predicted octanol–water partition coefficient (Wildman–Crippen LogP) is -0.133. The minimum atomic E-state index is -3.31. The SMILES string of the molecule is CC(C)C(C(=O)O)N(C)C(=O)C1CCN(S(=O)(=O)C2C[N@@]2C)CC1. The minimum Gasteiger partial charge on any atom is -0.480 e. The average molecular weight is 361 g/mol. The van der Waals surface area contributed by atoms with Crippen molar-refractivity contribution in [3.05, 3.63) is 0 Å². The van der Waals surface area contributed by atoms with Crippen molar-refractivity contribution in [3.8, 4) is 0 Å². The summed E-state index contributed by atoms with van der Waals surface area (Å²) in [6.45, 7) is 4.72. The highest BCUT2D eigenvalue weighted by atomic mass is 32.2. The van der Waals surface area contributed by atoms with Gasteiger partial charge in [0, 0.05) is 32.6 Å². The highest BCUT2D eigenvalue weighted by Gasteiger charge is 2.46. The Bertz CT molecular complexity index is 598. The van der Waals surface area contributed by atoms with E-state index in [1.165, 1.54) is 16.3 Å². The second-order valence-corrected chi connectivity index (χ2v) is 9.18. The third-order valence-corrected chi connectivity index (χ3v) is 7.24. The Morgan fingerprint density at radius 2 is 1.71 bits per heavy atom. The molecule has 2 aliphatic rings. The van der Waals surface area contributed by atoms with Crippen LogP contribution in [0.15, 0.2) is 0 Å². The Kier molecular flexibility index (Phi) is 5.56. The molecule has 0 bridgehead atoms. The second kappa shape index (κ2) is 6.97. The largest absolute Gasteiger partial charge is 0.480 e. The molecular weight excluding hydrogens is 334 g/mol. The normalized spacial score (nSPS) is 27.0. The van der Waals surface area contributed by atoms with E-state index in [-0.39, 0.29) is 17.7 Å². The smallest absolute Gasteiger partial charge is 0.326 e. The Morgan fingerprint density at radius 1 is 1.21 bits per heavy atom. The molecule has 24 heavy (non-hydrogen) atoms. The first-order valence-corrected chi connectivity index (χ1v) is 9.76. The zero-order chi connectivity index (χ0) is 18.2.